The van der Waals surface area contributed by atoms with E-state index in [4.69, 9.17) is 5.73 Å². The summed E-state index contributed by atoms with van der Waals surface area (Å²) < 4.78 is 0. The molecule has 0 radical (unpaired) electrons. The maximum Gasteiger partial charge on any atom is 0.323 e. The minimum absolute atomic E-state index is 0.0768. The summed E-state index contributed by atoms with van der Waals surface area (Å²) in [6.07, 6.45) is 0.187. The van der Waals surface area contributed by atoms with Gasteiger partial charge in [-0.25, -0.2) is 4.79 Å². The quantitative estimate of drug-likeness (QED) is 0.801. The van der Waals surface area contributed by atoms with Crippen LogP contribution in [0.25, 0.3) is 0 Å². The van der Waals surface area contributed by atoms with E-state index in [0.29, 0.717) is 5.69 Å². The molecule has 5 nitrogen and oxygen atoms in total. The van der Waals surface area contributed by atoms with Crippen LogP contribution in [0, 0.1) is 0 Å². The smallest absolute Gasteiger partial charge is 0.323 e. The maximum absolute atomic E-state index is 12.0. The number of benzene rings is 2. The summed E-state index contributed by atoms with van der Waals surface area (Å²) in [5.41, 5.74) is 8.62. The highest BCUT2D eigenvalue weighted by Crippen LogP contribution is 2.23. The largest absolute Gasteiger partial charge is 0.369 e. The molecule has 0 aliphatic carbocycles. The Morgan fingerprint density at radius 2 is 1.33 bits per heavy atom. The lowest BCUT2D eigenvalue weighted by atomic mass is 9.87. The molecule has 24 heavy (non-hydrogen) atoms. The van der Waals surface area contributed by atoms with Crippen molar-refractivity contribution in [2.75, 3.05) is 10.6 Å². The van der Waals surface area contributed by atoms with E-state index in [-0.39, 0.29) is 23.8 Å². The Kier molecular flexibility index (Phi) is 5.24. The van der Waals surface area contributed by atoms with E-state index < -0.39 is 0 Å². The monoisotopic (exact) mass is 325 g/mol. The third kappa shape index (κ3) is 5.12. The number of urea groups is 1. The van der Waals surface area contributed by atoms with Crippen molar-refractivity contribution in [3.63, 3.8) is 0 Å². The van der Waals surface area contributed by atoms with Gasteiger partial charge in [-0.2, -0.15) is 0 Å². The minimum Gasteiger partial charge on any atom is -0.369 e. The van der Waals surface area contributed by atoms with Gasteiger partial charge in [0.1, 0.15) is 0 Å². The van der Waals surface area contributed by atoms with E-state index in [1.54, 1.807) is 24.3 Å². The Bertz CT molecular complexity index is 714. The molecule has 0 aromatic heterocycles. The van der Waals surface area contributed by atoms with Crippen LogP contribution in [-0.2, 0) is 16.6 Å². The molecule has 0 heterocycles. The Labute approximate surface area is 142 Å². The topological polar surface area (TPSA) is 84.2 Å². The molecule has 0 saturated heterocycles. The normalized spacial score (nSPS) is 11.0. The number of amides is 3. The Morgan fingerprint density at radius 1 is 0.875 bits per heavy atom. The zero-order chi connectivity index (χ0) is 17.7. The number of primary amides is 1. The van der Waals surface area contributed by atoms with Gasteiger partial charge in [-0.15, -0.1) is 0 Å². The van der Waals surface area contributed by atoms with Crippen molar-refractivity contribution in [2.45, 2.75) is 32.6 Å². The number of hydrogen-bond acceptors (Lipinski definition) is 2. The fourth-order valence-corrected chi connectivity index (χ4v) is 2.25. The Balaban J connectivity index is 1.94. The third-order valence-corrected chi connectivity index (χ3v) is 3.60. The summed E-state index contributed by atoms with van der Waals surface area (Å²) in [7, 11) is 0. The maximum atomic E-state index is 12.0. The molecule has 126 valence electrons. The first kappa shape index (κ1) is 17.5. The molecule has 3 amide bonds. The third-order valence-electron chi connectivity index (χ3n) is 3.60. The molecule has 0 spiro atoms. The van der Waals surface area contributed by atoms with Crippen molar-refractivity contribution >= 4 is 23.3 Å². The van der Waals surface area contributed by atoms with Crippen molar-refractivity contribution in [3.8, 4) is 0 Å². The fourth-order valence-electron chi connectivity index (χ4n) is 2.25. The molecule has 5 heteroatoms. The average molecular weight is 325 g/mol. The van der Waals surface area contributed by atoms with Gasteiger partial charge in [-0.3, -0.25) is 4.79 Å². The van der Waals surface area contributed by atoms with Gasteiger partial charge in [0, 0.05) is 11.4 Å². The Morgan fingerprint density at radius 3 is 1.75 bits per heavy atom. The first-order valence-electron chi connectivity index (χ1n) is 7.80. The molecule has 0 bridgehead atoms. The van der Waals surface area contributed by atoms with E-state index >= 15 is 0 Å². The zero-order valence-electron chi connectivity index (χ0n) is 14.2. The van der Waals surface area contributed by atoms with Gasteiger partial charge in [0.25, 0.3) is 0 Å². The minimum atomic E-state index is -0.382. The summed E-state index contributed by atoms with van der Waals surface area (Å²) in [6, 6.07) is 14.5. The molecular formula is C19H23N3O2. The van der Waals surface area contributed by atoms with Crippen molar-refractivity contribution in [1.82, 2.24) is 0 Å². The number of rotatable bonds is 4. The first-order valence-corrected chi connectivity index (χ1v) is 7.80. The number of nitrogens with two attached hydrogens (primary N) is 1. The molecule has 0 aliphatic rings. The molecule has 2 rings (SSSR count). The van der Waals surface area contributed by atoms with Gasteiger partial charge in [0.2, 0.25) is 5.91 Å². The van der Waals surface area contributed by atoms with E-state index in [0.717, 1.165) is 11.3 Å². The van der Waals surface area contributed by atoms with Gasteiger partial charge in [-0.1, -0.05) is 45.0 Å². The molecule has 2 aromatic rings. The zero-order valence-corrected chi connectivity index (χ0v) is 14.2. The fraction of sp³-hybridized carbons (Fsp3) is 0.263. The molecular weight excluding hydrogens is 302 g/mol. The molecule has 0 fully saturated rings. The van der Waals surface area contributed by atoms with Crippen LogP contribution < -0.4 is 16.4 Å². The number of nitrogens with one attached hydrogen (secondary N) is 2. The average Bonchev–Trinajstić information content (AvgIpc) is 2.48. The van der Waals surface area contributed by atoms with Crippen LogP contribution in [0.4, 0.5) is 16.2 Å². The van der Waals surface area contributed by atoms with Crippen LogP contribution in [0.1, 0.15) is 31.9 Å². The number of hydrogen-bond donors (Lipinski definition) is 3. The van der Waals surface area contributed by atoms with Gasteiger partial charge >= 0.3 is 6.03 Å². The summed E-state index contributed by atoms with van der Waals surface area (Å²) in [5, 5.41) is 5.54. The molecule has 0 atom stereocenters. The molecule has 2 aromatic carbocycles. The summed E-state index contributed by atoms with van der Waals surface area (Å²) in [5.74, 6) is -0.382. The summed E-state index contributed by atoms with van der Waals surface area (Å²) in [4.78, 5) is 22.9. The molecule has 0 unspecified atom stereocenters. The SMILES string of the molecule is CC(C)(C)c1ccc(NC(=O)Nc2ccc(CC(N)=O)cc2)cc1. The first-order chi connectivity index (χ1) is 11.2. The van der Waals surface area contributed by atoms with Crippen molar-refractivity contribution in [2.24, 2.45) is 5.73 Å². The predicted octanol–water partition coefficient (Wildman–Crippen LogP) is 3.66. The van der Waals surface area contributed by atoms with Crippen LogP contribution >= 0.6 is 0 Å². The van der Waals surface area contributed by atoms with E-state index in [9.17, 15) is 9.59 Å². The second-order valence-corrected chi connectivity index (χ2v) is 6.75. The van der Waals surface area contributed by atoms with Crippen LogP contribution in [0.3, 0.4) is 0 Å². The van der Waals surface area contributed by atoms with E-state index in [1.807, 2.05) is 24.3 Å². The number of carbonyl (C=O) groups is 2. The highest BCUT2D eigenvalue weighted by molar-refractivity contribution is 5.99. The van der Waals surface area contributed by atoms with Crippen LogP contribution in [0.2, 0.25) is 0 Å². The van der Waals surface area contributed by atoms with E-state index in [1.165, 1.54) is 5.56 Å². The van der Waals surface area contributed by atoms with Gasteiger partial charge in [-0.05, 0) is 40.8 Å². The van der Waals surface area contributed by atoms with Gasteiger partial charge < -0.3 is 16.4 Å². The van der Waals surface area contributed by atoms with Crippen LogP contribution in [-0.4, -0.2) is 11.9 Å². The summed E-state index contributed by atoms with van der Waals surface area (Å²) >= 11 is 0. The second kappa shape index (κ2) is 7.17. The number of anilines is 2. The van der Waals surface area contributed by atoms with Gasteiger partial charge in [0.15, 0.2) is 0 Å². The molecule has 0 aliphatic heterocycles. The highest BCUT2D eigenvalue weighted by atomic mass is 16.2. The summed E-state index contributed by atoms with van der Waals surface area (Å²) in [6.45, 7) is 6.43. The van der Waals surface area contributed by atoms with Crippen molar-refractivity contribution in [3.05, 3.63) is 59.7 Å². The van der Waals surface area contributed by atoms with Crippen molar-refractivity contribution in [1.29, 1.82) is 0 Å². The molecule has 4 N–H and O–H groups in total. The predicted molar refractivity (Wildman–Crippen MR) is 97.1 cm³/mol. The lowest BCUT2D eigenvalue weighted by molar-refractivity contribution is -0.117. The van der Waals surface area contributed by atoms with Crippen LogP contribution in [0.15, 0.2) is 48.5 Å². The highest BCUT2D eigenvalue weighted by Gasteiger charge is 2.13. The lowest BCUT2D eigenvalue weighted by Crippen LogP contribution is -2.19. The lowest BCUT2D eigenvalue weighted by Gasteiger charge is -2.19. The van der Waals surface area contributed by atoms with Gasteiger partial charge in [0.05, 0.1) is 6.42 Å². The standard InChI is InChI=1S/C19H23N3O2/c1-19(2,3)14-6-10-16(11-7-14)22-18(24)21-15-8-4-13(5-9-15)12-17(20)23/h4-11H,12H2,1-3H3,(H2,20,23)(H2,21,22,24). The van der Waals surface area contributed by atoms with E-state index in [2.05, 4.69) is 31.4 Å². The number of carbonyl (C=O) groups excluding carboxylic acids is 2. The second-order valence-electron chi connectivity index (χ2n) is 6.75. The van der Waals surface area contributed by atoms with Crippen LogP contribution in [0.5, 0.6) is 0 Å². The van der Waals surface area contributed by atoms with Crippen molar-refractivity contribution < 1.29 is 9.59 Å². The molecule has 0 saturated carbocycles. The Hall–Kier alpha value is -2.82.